The van der Waals surface area contributed by atoms with Gasteiger partial charge in [0, 0.05) is 10.7 Å². The van der Waals surface area contributed by atoms with Gasteiger partial charge in [-0.25, -0.2) is 4.98 Å². The van der Waals surface area contributed by atoms with Gasteiger partial charge in [0.05, 0.1) is 15.8 Å². The van der Waals surface area contributed by atoms with Crippen LogP contribution in [0, 0.1) is 0 Å². The maximum absolute atomic E-state index is 12.2. The lowest BCUT2D eigenvalue weighted by Crippen LogP contribution is -2.13. The lowest BCUT2D eigenvalue weighted by Gasteiger charge is -2.05. The van der Waals surface area contributed by atoms with Crippen molar-refractivity contribution in [3.8, 4) is 0 Å². The Kier molecular flexibility index (Phi) is 3.30. The molecule has 0 radical (unpaired) electrons. The highest BCUT2D eigenvalue weighted by Gasteiger charge is 2.13. The first-order valence-corrected chi connectivity index (χ1v) is 7.05. The fourth-order valence-electron chi connectivity index (χ4n) is 1.82. The number of carbonyl (C=O) groups excluding carboxylic acids is 1. The lowest BCUT2D eigenvalue weighted by molar-refractivity contribution is 0.102. The van der Waals surface area contributed by atoms with Crippen LogP contribution in [0.4, 0.5) is 10.8 Å². The fourth-order valence-corrected chi connectivity index (χ4v) is 2.85. The SMILES string of the molecule is Nc1ccc(Cl)cc1C(=O)Nc1nc2ccccc2s1. The van der Waals surface area contributed by atoms with E-state index in [1.54, 1.807) is 18.2 Å². The molecule has 3 aromatic rings. The van der Waals surface area contributed by atoms with Crippen molar-refractivity contribution in [3.05, 3.63) is 53.1 Å². The number of carbonyl (C=O) groups is 1. The Morgan fingerprint density at radius 3 is 2.85 bits per heavy atom. The van der Waals surface area contributed by atoms with Crippen LogP contribution in [-0.2, 0) is 0 Å². The summed E-state index contributed by atoms with van der Waals surface area (Å²) in [5.74, 6) is -0.316. The number of anilines is 2. The Morgan fingerprint density at radius 1 is 1.25 bits per heavy atom. The van der Waals surface area contributed by atoms with Crippen LogP contribution in [0.2, 0.25) is 5.02 Å². The zero-order chi connectivity index (χ0) is 14.1. The van der Waals surface area contributed by atoms with Gasteiger partial charge in [-0.1, -0.05) is 35.1 Å². The number of nitrogen functional groups attached to an aromatic ring is 1. The summed E-state index contributed by atoms with van der Waals surface area (Å²) in [6.07, 6.45) is 0. The number of para-hydroxylation sites is 1. The number of nitrogens with one attached hydrogen (secondary N) is 1. The maximum atomic E-state index is 12.2. The van der Waals surface area contributed by atoms with Gasteiger partial charge >= 0.3 is 0 Å². The smallest absolute Gasteiger partial charge is 0.259 e. The number of halogens is 1. The summed E-state index contributed by atoms with van der Waals surface area (Å²) in [7, 11) is 0. The minimum atomic E-state index is -0.316. The normalized spacial score (nSPS) is 10.7. The predicted molar refractivity (Wildman–Crippen MR) is 83.4 cm³/mol. The van der Waals surface area contributed by atoms with E-state index in [2.05, 4.69) is 10.3 Å². The Morgan fingerprint density at radius 2 is 2.05 bits per heavy atom. The highest BCUT2D eigenvalue weighted by Crippen LogP contribution is 2.26. The van der Waals surface area contributed by atoms with Crippen molar-refractivity contribution in [2.24, 2.45) is 0 Å². The zero-order valence-corrected chi connectivity index (χ0v) is 11.8. The second kappa shape index (κ2) is 5.11. The molecule has 0 fully saturated rings. The maximum Gasteiger partial charge on any atom is 0.259 e. The lowest BCUT2D eigenvalue weighted by atomic mass is 10.2. The first-order chi connectivity index (χ1) is 9.63. The van der Waals surface area contributed by atoms with Crippen LogP contribution < -0.4 is 11.1 Å². The first-order valence-electron chi connectivity index (χ1n) is 5.85. The molecular weight excluding hydrogens is 294 g/mol. The van der Waals surface area contributed by atoms with Crippen molar-refractivity contribution in [1.29, 1.82) is 0 Å². The summed E-state index contributed by atoms with van der Waals surface area (Å²) >= 11 is 7.29. The topological polar surface area (TPSA) is 68.0 Å². The van der Waals surface area contributed by atoms with Crippen LogP contribution in [0.5, 0.6) is 0 Å². The number of amides is 1. The summed E-state index contributed by atoms with van der Waals surface area (Å²) in [5.41, 5.74) is 7.36. The van der Waals surface area contributed by atoms with Gasteiger partial charge in [0.15, 0.2) is 5.13 Å². The van der Waals surface area contributed by atoms with E-state index >= 15 is 0 Å². The Labute approximate surface area is 124 Å². The fraction of sp³-hybridized carbons (Fsp3) is 0. The van der Waals surface area contributed by atoms with E-state index in [0.29, 0.717) is 21.4 Å². The number of hydrogen-bond donors (Lipinski definition) is 2. The third-order valence-electron chi connectivity index (χ3n) is 2.77. The third kappa shape index (κ3) is 2.45. The molecule has 20 heavy (non-hydrogen) atoms. The van der Waals surface area contributed by atoms with E-state index in [-0.39, 0.29) is 5.91 Å². The molecule has 0 atom stereocenters. The quantitative estimate of drug-likeness (QED) is 0.708. The van der Waals surface area contributed by atoms with E-state index in [1.807, 2.05) is 24.3 Å². The molecule has 1 heterocycles. The molecular formula is C14H10ClN3OS. The largest absolute Gasteiger partial charge is 0.398 e. The van der Waals surface area contributed by atoms with Gasteiger partial charge in [0.25, 0.3) is 5.91 Å². The van der Waals surface area contributed by atoms with E-state index in [1.165, 1.54) is 11.3 Å². The molecule has 4 nitrogen and oxygen atoms in total. The van der Waals surface area contributed by atoms with Crippen molar-refractivity contribution >= 4 is 49.9 Å². The van der Waals surface area contributed by atoms with Crippen molar-refractivity contribution in [1.82, 2.24) is 4.98 Å². The van der Waals surface area contributed by atoms with E-state index in [9.17, 15) is 4.79 Å². The predicted octanol–water partition coefficient (Wildman–Crippen LogP) is 3.78. The molecule has 3 rings (SSSR count). The molecule has 1 aromatic heterocycles. The molecule has 0 aliphatic heterocycles. The number of aromatic nitrogens is 1. The van der Waals surface area contributed by atoms with Crippen molar-refractivity contribution in [2.75, 3.05) is 11.1 Å². The molecule has 0 aliphatic carbocycles. The molecule has 0 spiro atoms. The standard InChI is InChI=1S/C14H10ClN3OS/c15-8-5-6-10(16)9(7-8)13(19)18-14-17-11-3-1-2-4-12(11)20-14/h1-7H,16H2,(H,17,18,19). The van der Waals surface area contributed by atoms with E-state index < -0.39 is 0 Å². The number of nitrogens with zero attached hydrogens (tertiary/aromatic N) is 1. The van der Waals surface area contributed by atoms with Gasteiger partial charge in [-0.15, -0.1) is 0 Å². The average molecular weight is 304 g/mol. The van der Waals surface area contributed by atoms with E-state index in [0.717, 1.165) is 10.2 Å². The van der Waals surface area contributed by atoms with Crippen LogP contribution in [-0.4, -0.2) is 10.9 Å². The van der Waals surface area contributed by atoms with E-state index in [4.69, 9.17) is 17.3 Å². The van der Waals surface area contributed by atoms with Gasteiger partial charge in [-0.05, 0) is 30.3 Å². The third-order valence-corrected chi connectivity index (χ3v) is 3.96. The molecule has 1 amide bonds. The van der Waals surface area contributed by atoms with Crippen molar-refractivity contribution in [3.63, 3.8) is 0 Å². The molecule has 3 N–H and O–H groups in total. The monoisotopic (exact) mass is 303 g/mol. The molecule has 0 unspecified atom stereocenters. The average Bonchev–Trinajstić information content (AvgIpc) is 2.83. The van der Waals surface area contributed by atoms with Crippen LogP contribution in [0.25, 0.3) is 10.2 Å². The number of rotatable bonds is 2. The van der Waals surface area contributed by atoms with Crippen molar-refractivity contribution < 1.29 is 4.79 Å². The first kappa shape index (κ1) is 12.9. The Hall–Kier alpha value is -2.11. The van der Waals surface area contributed by atoms with Gasteiger partial charge < -0.3 is 5.73 Å². The number of nitrogens with two attached hydrogens (primary N) is 1. The summed E-state index contributed by atoms with van der Waals surface area (Å²) in [6.45, 7) is 0. The number of fused-ring (bicyclic) bond motifs is 1. The minimum Gasteiger partial charge on any atom is -0.398 e. The second-order valence-electron chi connectivity index (χ2n) is 4.17. The summed E-state index contributed by atoms with van der Waals surface area (Å²) in [6, 6.07) is 12.5. The second-order valence-corrected chi connectivity index (χ2v) is 5.64. The van der Waals surface area contributed by atoms with Crippen LogP contribution in [0.15, 0.2) is 42.5 Å². The van der Waals surface area contributed by atoms with Gasteiger partial charge in [-0.2, -0.15) is 0 Å². The molecule has 0 saturated carbocycles. The number of thiazole rings is 1. The molecule has 2 aromatic carbocycles. The number of hydrogen-bond acceptors (Lipinski definition) is 4. The molecule has 6 heteroatoms. The Bertz CT molecular complexity index is 767. The summed E-state index contributed by atoms with van der Waals surface area (Å²) in [5, 5.41) is 3.75. The minimum absolute atomic E-state index is 0.316. The highest BCUT2D eigenvalue weighted by molar-refractivity contribution is 7.22. The summed E-state index contributed by atoms with van der Waals surface area (Å²) < 4.78 is 1.02. The number of benzene rings is 2. The van der Waals surface area contributed by atoms with Crippen LogP contribution in [0.3, 0.4) is 0 Å². The highest BCUT2D eigenvalue weighted by atomic mass is 35.5. The summed E-state index contributed by atoms with van der Waals surface area (Å²) in [4.78, 5) is 16.5. The van der Waals surface area contributed by atoms with Crippen molar-refractivity contribution in [2.45, 2.75) is 0 Å². The molecule has 100 valence electrons. The van der Waals surface area contributed by atoms with Crippen LogP contribution >= 0.6 is 22.9 Å². The zero-order valence-electron chi connectivity index (χ0n) is 10.3. The van der Waals surface area contributed by atoms with Crippen LogP contribution in [0.1, 0.15) is 10.4 Å². The van der Waals surface area contributed by atoms with Gasteiger partial charge in [-0.3, -0.25) is 10.1 Å². The molecule has 0 aliphatic rings. The van der Waals surface area contributed by atoms with Gasteiger partial charge in [0.1, 0.15) is 0 Å². The van der Waals surface area contributed by atoms with Gasteiger partial charge in [0.2, 0.25) is 0 Å². The Balaban J connectivity index is 1.90. The molecule has 0 bridgehead atoms. The molecule has 0 saturated heterocycles.